The molecule has 4 nitrogen and oxygen atoms in total. The predicted octanol–water partition coefficient (Wildman–Crippen LogP) is 1.09. The molecule has 2 atom stereocenters. The van der Waals surface area contributed by atoms with Crippen molar-refractivity contribution in [2.24, 2.45) is 0 Å². The molecule has 1 aromatic carbocycles. The van der Waals surface area contributed by atoms with Crippen LogP contribution in [0.1, 0.15) is 23.7 Å². The molecule has 1 aromatic rings. The van der Waals surface area contributed by atoms with Gasteiger partial charge in [-0.1, -0.05) is 29.8 Å². The number of likely N-dealkylation sites (N-methyl/N-ethyl adjacent to an activating group) is 1. The van der Waals surface area contributed by atoms with E-state index in [2.05, 4.69) is 5.32 Å². The summed E-state index contributed by atoms with van der Waals surface area (Å²) in [6, 6.07) is 6.94. The Morgan fingerprint density at radius 1 is 1.38 bits per heavy atom. The van der Waals surface area contributed by atoms with Gasteiger partial charge in [0, 0.05) is 6.04 Å². The Morgan fingerprint density at radius 2 is 1.94 bits per heavy atom. The molecule has 4 heteroatoms. The summed E-state index contributed by atoms with van der Waals surface area (Å²) in [6.07, 6.45) is -0.910. The van der Waals surface area contributed by atoms with Crippen LogP contribution in [0.4, 0.5) is 0 Å². The van der Waals surface area contributed by atoms with Crippen molar-refractivity contribution in [2.45, 2.75) is 25.5 Å². The van der Waals surface area contributed by atoms with Crippen LogP contribution in [-0.4, -0.2) is 29.3 Å². The fourth-order valence-electron chi connectivity index (χ4n) is 1.56. The van der Waals surface area contributed by atoms with E-state index in [1.54, 1.807) is 7.05 Å². The molecule has 0 saturated carbocycles. The van der Waals surface area contributed by atoms with Crippen LogP contribution in [0.15, 0.2) is 24.3 Å². The Bertz CT molecular complexity index is 348. The number of rotatable bonds is 5. The Hall–Kier alpha value is -1.39. The lowest BCUT2D eigenvalue weighted by Gasteiger charge is -2.21. The van der Waals surface area contributed by atoms with Crippen LogP contribution in [0.3, 0.4) is 0 Å². The maximum atomic E-state index is 10.6. The third-order valence-corrected chi connectivity index (χ3v) is 2.57. The van der Waals surface area contributed by atoms with Gasteiger partial charge >= 0.3 is 5.97 Å². The van der Waals surface area contributed by atoms with Gasteiger partial charge in [-0.3, -0.25) is 4.79 Å². The minimum Gasteiger partial charge on any atom is -0.481 e. The highest BCUT2D eigenvalue weighted by atomic mass is 16.4. The van der Waals surface area contributed by atoms with Gasteiger partial charge in [-0.25, -0.2) is 0 Å². The van der Waals surface area contributed by atoms with Crippen LogP contribution in [0.5, 0.6) is 0 Å². The quantitative estimate of drug-likeness (QED) is 0.699. The minimum absolute atomic E-state index is 0.106. The number of hydrogen-bond acceptors (Lipinski definition) is 3. The zero-order valence-corrected chi connectivity index (χ0v) is 9.47. The molecule has 0 heterocycles. The van der Waals surface area contributed by atoms with Gasteiger partial charge in [0.1, 0.15) is 0 Å². The van der Waals surface area contributed by atoms with Gasteiger partial charge in [0.2, 0.25) is 0 Å². The van der Waals surface area contributed by atoms with Crippen LogP contribution < -0.4 is 5.32 Å². The van der Waals surface area contributed by atoms with Crippen molar-refractivity contribution in [3.63, 3.8) is 0 Å². The van der Waals surface area contributed by atoms with E-state index >= 15 is 0 Å². The summed E-state index contributed by atoms with van der Waals surface area (Å²) in [5.74, 6) is -0.925. The van der Waals surface area contributed by atoms with E-state index in [1.165, 1.54) is 0 Å². The maximum Gasteiger partial charge on any atom is 0.305 e. The van der Waals surface area contributed by atoms with E-state index < -0.39 is 18.1 Å². The summed E-state index contributed by atoms with van der Waals surface area (Å²) < 4.78 is 0. The van der Waals surface area contributed by atoms with Crippen molar-refractivity contribution in [2.75, 3.05) is 7.05 Å². The fraction of sp³-hybridized carbons (Fsp3) is 0.417. The van der Waals surface area contributed by atoms with Crippen molar-refractivity contribution < 1.29 is 15.0 Å². The maximum absolute atomic E-state index is 10.6. The Balaban J connectivity index is 2.78. The first kappa shape index (κ1) is 12.7. The van der Waals surface area contributed by atoms with E-state index in [-0.39, 0.29) is 6.42 Å². The van der Waals surface area contributed by atoms with Crippen LogP contribution in [0.25, 0.3) is 0 Å². The molecule has 0 aliphatic heterocycles. The van der Waals surface area contributed by atoms with E-state index in [0.717, 1.165) is 11.1 Å². The highest BCUT2D eigenvalue weighted by Gasteiger charge is 2.21. The van der Waals surface area contributed by atoms with Gasteiger partial charge in [0.15, 0.2) is 0 Å². The van der Waals surface area contributed by atoms with Crippen molar-refractivity contribution in [3.05, 3.63) is 35.4 Å². The molecule has 0 amide bonds. The second-order valence-corrected chi connectivity index (χ2v) is 3.85. The highest BCUT2D eigenvalue weighted by Crippen LogP contribution is 2.19. The number of carboxylic acids is 1. The van der Waals surface area contributed by atoms with Gasteiger partial charge in [0.25, 0.3) is 0 Å². The minimum atomic E-state index is -0.925. The van der Waals surface area contributed by atoms with Gasteiger partial charge in [-0.2, -0.15) is 0 Å². The second-order valence-electron chi connectivity index (χ2n) is 3.85. The normalized spacial score (nSPS) is 14.4. The van der Waals surface area contributed by atoms with Gasteiger partial charge in [0.05, 0.1) is 12.5 Å². The lowest BCUT2D eigenvalue weighted by Crippen LogP contribution is -2.34. The first-order valence-electron chi connectivity index (χ1n) is 5.18. The Labute approximate surface area is 94.9 Å². The lowest BCUT2D eigenvalue weighted by atomic mass is 9.99. The molecule has 0 radical (unpaired) electrons. The van der Waals surface area contributed by atoms with E-state index in [1.807, 2.05) is 31.2 Å². The molecule has 0 aliphatic rings. The lowest BCUT2D eigenvalue weighted by molar-refractivity contribution is -0.138. The second kappa shape index (κ2) is 5.63. The van der Waals surface area contributed by atoms with Gasteiger partial charge < -0.3 is 15.5 Å². The number of aliphatic hydroxyl groups excluding tert-OH is 1. The molecule has 2 unspecified atom stereocenters. The van der Waals surface area contributed by atoms with E-state index in [0.29, 0.717) is 0 Å². The number of carbonyl (C=O) groups is 1. The molecule has 16 heavy (non-hydrogen) atoms. The predicted molar refractivity (Wildman–Crippen MR) is 61.2 cm³/mol. The zero-order chi connectivity index (χ0) is 12.1. The SMILES string of the molecule is CNC(CC(=O)O)C(O)c1ccc(C)cc1. The number of aliphatic carboxylic acids is 1. The van der Waals surface area contributed by atoms with Gasteiger partial charge in [-0.05, 0) is 19.5 Å². The standard InChI is InChI=1S/C12H17NO3/c1-8-3-5-9(6-4-8)12(16)10(13-2)7-11(14)15/h3-6,10,12-13,16H,7H2,1-2H3,(H,14,15). The number of hydrogen-bond donors (Lipinski definition) is 3. The molecule has 0 aromatic heterocycles. The summed E-state index contributed by atoms with van der Waals surface area (Å²) in [4.78, 5) is 10.6. The number of aliphatic hydroxyl groups is 1. The summed E-state index contributed by atoms with van der Waals surface area (Å²) in [7, 11) is 1.64. The molecule has 3 N–H and O–H groups in total. The molecule has 0 aliphatic carbocycles. The van der Waals surface area contributed by atoms with Crippen LogP contribution >= 0.6 is 0 Å². The zero-order valence-electron chi connectivity index (χ0n) is 9.47. The average Bonchev–Trinajstić information content (AvgIpc) is 2.25. The highest BCUT2D eigenvalue weighted by molar-refractivity contribution is 5.67. The molecular formula is C12H17NO3. The number of nitrogens with one attached hydrogen (secondary N) is 1. The first-order chi connectivity index (χ1) is 7.54. The van der Waals surface area contributed by atoms with Crippen molar-refractivity contribution in [1.29, 1.82) is 0 Å². The molecular weight excluding hydrogens is 206 g/mol. The monoisotopic (exact) mass is 223 g/mol. The topological polar surface area (TPSA) is 69.6 Å². The van der Waals surface area contributed by atoms with E-state index in [9.17, 15) is 9.90 Å². The number of benzene rings is 1. The summed E-state index contributed by atoms with van der Waals surface area (Å²) >= 11 is 0. The van der Waals surface area contributed by atoms with Crippen molar-refractivity contribution >= 4 is 5.97 Å². The third-order valence-electron chi connectivity index (χ3n) is 2.57. The molecule has 88 valence electrons. The number of aryl methyl sites for hydroxylation is 1. The molecule has 0 saturated heterocycles. The molecule has 0 bridgehead atoms. The van der Waals surface area contributed by atoms with E-state index in [4.69, 9.17) is 5.11 Å². The largest absolute Gasteiger partial charge is 0.481 e. The fourth-order valence-corrected chi connectivity index (χ4v) is 1.56. The Kier molecular flexibility index (Phi) is 4.46. The summed E-state index contributed by atoms with van der Waals surface area (Å²) in [5.41, 5.74) is 1.83. The van der Waals surface area contributed by atoms with Crippen LogP contribution in [0.2, 0.25) is 0 Å². The molecule has 0 spiro atoms. The Morgan fingerprint density at radius 3 is 2.38 bits per heavy atom. The summed E-state index contributed by atoms with van der Waals surface area (Å²) in [6.45, 7) is 1.96. The van der Waals surface area contributed by atoms with Gasteiger partial charge in [-0.15, -0.1) is 0 Å². The molecule has 0 fully saturated rings. The first-order valence-corrected chi connectivity index (χ1v) is 5.18. The van der Waals surface area contributed by atoms with Crippen LogP contribution in [-0.2, 0) is 4.79 Å². The average molecular weight is 223 g/mol. The molecule has 1 rings (SSSR count). The van der Waals surface area contributed by atoms with Crippen molar-refractivity contribution in [1.82, 2.24) is 5.32 Å². The summed E-state index contributed by atoms with van der Waals surface area (Å²) in [5, 5.41) is 21.5. The third kappa shape index (κ3) is 3.32. The van der Waals surface area contributed by atoms with Crippen molar-refractivity contribution in [3.8, 4) is 0 Å². The smallest absolute Gasteiger partial charge is 0.305 e. The van der Waals surface area contributed by atoms with Crippen LogP contribution in [0, 0.1) is 6.92 Å². The number of carboxylic acid groups (broad SMARTS) is 1.